The summed E-state index contributed by atoms with van der Waals surface area (Å²) in [5, 5.41) is 0. The lowest BCUT2D eigenvalue weighted by atomic mass is 10.6. The molecule has 0 amide bonds. The van der Waals surface area contributed by atoms with Gasteiger partial charge in [0, 0.05) is 0 Å². The summed E-state index contributed by atoms with van der Waals surface area (Å²) >= 11 is 16.8. The summed E-state index contributed by atoms with van der Waals surface area (Å²) in [6, 6.07) is -1.66. The lowest BCUT2D eigenvalue weighted by Gasteiger charge is -2.12. The van der Waals surface area contributed by atoms with E-state index in [-0.39, 0.29) is 0 Å². The van der Waals surface area contributed by atoms with E-state index >= 15 is 0 Å². The van der Waals surface area contributed by atoms with Gasteiger partial charge in [0.15, 0.2) is 0 Å². The molecule has 0 aliphatic rings. The Morgan fingerprint density at radius 2 is 1.55 bits per heavy atom. The summed E-state index contributed by atoms with van der Waals surface area (Å²) in [4.78, 5) is 18.0. The smallest absolute Gasteiger partial charge is 0.341 e. The van der Waals surface area contributed by atoms with Gasteiger partial charge in [0.25, 0.3) is 0 Å². The molecule has 2 nitrogen and oxygen atoms in total. The predicted octanol–water partition coefficient (Wildman–Crippen LogP) is 2.09. The lowest BCUT2D eigenvalue weighted by Crippen LogP contribution is -2.29. The highest BCUT2D eigenvalue weighted by Crippen LogP contribution is 2.28. The first-order chi connectivity index (χ1) is 4.71. The molecule has 0 rings (SSSR count). The number of hydrogen-bond acceptors (Lipinski definition) is 2. The maximum absolute atomic E-state index is 9.00. The standard InChI is InChI=1S/C4H11Cl3O2Si2/c1-10(8,9)3-2-4-11(5,6)7/h8-9H,2-4H2,1H3. The second kappa shape index (κ2) is 4.46. The molecule has 68 valence electrons. The van der Waals surface area contributed by atoms with Crippen molar-refractivity contribution in [1.82, 2.24) is 0 Å². The normalized spacial score (nSPS) is 13.6. The highest BCUT2D eigenvalue weighted by molar-refractivity contribution is 7.64. The third kappa shape index (κ3) is 11.2. The van der Waals surface area contributed by atoms with Gasteiger partial charge in [-0.1, -0.05) is 6.42 Å². The second-order valence-corrected chi connectivity index (χ2v) is 14.9. The molecule has 7 heteroatoms. The Morgan fingerprint density at radius 1 is 1.09 bits per heavy atom. The number of halogens is 3. The van der Waals surface area contributed by atoms with Crippen molar-refractivity contribution in [2.24, 2.45) is 0 Å². The molecule has 0 fully saturated rings. The van der Waals surface area contributed by atoms with Gasteiger partial charge in [0.1, 0.15) is 0 Å². The van der Waals surface area contributed by atoms with E-state index in [4.69, 9.17) is 42.8 Å². The minimum Gasteiger partial charge on any atom is -0.411 e. The summed E-state index contributed by atoms with van der Waals surface area (Å²) < 4.78 is 0. The lowest BCUT2D eigenvalue weighted by molar-refractivity contribution is 0.368. The first kappa shape index (κ1) is 12.2. The van der Waals surface area contributed by atoms with Crippen LogP contribution in [-0.4, -0.2) is 24.2 Å². The molecule has 0 radical (unpaired) electrons. The summed E-state index contributed by atoms with van der Waals surface area (Å²) in [6.07, 6.45) is 0.596. The molecule has 0 atom stereocenters. The van der Waals surface area contributed by atoms with Crippen LogP contribution in [0.4, 0.5) is 0 Å². The average Bonchev–Trinajstić information content (AvgIpc) is 1.55. The van der Waals surface area contributed by atoms with Crippen LogP contribution in [-0.2, 0) is 0 Å². The zero-order valence-corrected chi connectivity index (χ0v) is 10.4. The molecule has 0 saturated carbocycles. The topological polar surface area (TPSA) is 40.5 Å². The largest absolute Gasteiger partial charge is 0.411 e. The van der Waals surface area contributed by atoms with Crippen LogP contribution in [0.25, 0.3) is 0 Å². The third-order valence-electron chi connectivity index (χ3n) is 1.11. The summed E-state index contributed by atoms with van der Waals surface area (Å²) in [5.41, 5.74) is 0. The van der Waals surface area contributed by atoms with Crippen molar-refractivity contribution in [2.75, 3.05) is 0 Å². The van der Waals surface area contributed by atoms with E-state index in [1.165, 1.54) is 6.55 Å². The highest BCUT2D eigenvalue weighted by Gasteiger charge is 2.27. The van der Waals surface area contributed by atoms with E-state index in [0.29, 0.717) is 18.5 Å². The molecule has 11 heavy (non-hydrogen) atoms. The van der Waals surface area contributed by atoms with E-state index in [1.807, 2.05) is 0 Å². The van der Waals surface area contributed by atoms with E-state index in [0.717, 1.165) is 0 Å². The molecule has 0 aromatic rings. The SMILES string of the molecule is C[Si](O)(O)CCC[Si](Cl)(Cl)Cl. The van der Waals surface area contributed by atoms with Crippen molar-refractivity contribution in [3.8, 4) is 0 Å². The van der Waals surface area contributed by atoms with Gasteiger partial charge in [-0.15, -0.1) is 33.2 Å². The fraction of sp³-hybridized carbons (Fsp3) is 1.00. The second-order valence-electron chi connectivity index (χ2n) is 2.69. The van der Waals surface area contributed by atoms with E-state index in [2.05, 4.69) is 0 Å². The molecular weight excluding hydrogens is 243 g/mol. The molecule has 0 aromatic carbocycles. The van der Waals surface area contributed by atoms with Crippen LogP contribution < -0.4 is 0 Å². The van der Waals surface area contributed by atoms with Crippen molar-refractivity contribution >= 4 is 47.8 Å². The van der Waals surface area contributed by atoms with E-state index in [9.17, 15) is 0 Å². The molecule has 0 unspecified atom stereocenters. The monoisotopic (exact) mass is 252 g/mol. The Labute approximate surface area is 82.5 Å². The van der Waals surface area contributed by atoms with Crippen molar-refractivity contribution in [3.05, 3.63) is 0 Å². The minimum absolute atomic E-state index is 0.383. The van der Waals surface area contributed by atoms with Crippen LogP contribution in [0.1, 0.15) is 6.42 Å². The minimum atomic E-state index is -2.91. The molecule has 0 spiro atoms. The first-order valence-corrected chi connectivity index (χ1v) is 11.1. The van der Waals surface area contributed by atoms with Crippen LogP contribution in [0.2, 0.25) is 18.6 Å². The van der Waals surface area contributed by atoms with Crippen molar-refractivity contribution in [3.63, 3.8) is 0 Å². The Kier molecular flexibility index (Phi) is 4.95. The molecule has 0 aliphatic carbocycles. The van der Waals surface area contributed by atoms with Gasteiger partial charge in [-0.2, -0.15) is 0 Å². The van der Waals surface area contributed by atoms with Gasteiger partial charge in [0.05, 0.1) is 0 Å². The number of rotatable bonds is 4. The van der Waals surface area contributed by atoms with Gasteiger partial charge >= 0.3 is 14.6 Å². The zero-order chi connectivity index (χ0) is 9.12. The maximum Gasteiger partial charge on any atom is 0.341 e. The first-order valence-electron chi connectivity index (χ1n) is 3.22. The Morgan fingerprint density at radius 3 is 1.82 bits per heavy atom. The Bertz CT molecular complexity index is 105. The average molecular weight is 254 g/mol. The van der Waals surface area contributed by atoms with Crippen molar-refractivity contribution in [2.45, 2.75) is 25.1 Å². The molecule has 2 N–H and O–H groups in total. The fourth-order valence-corrected chi connectivity index (χ4v) is 3.60. The van der Waals surface area contributed by atoms with Crippen LogP contribution in [0.5, 0.6) is 0 Å². The van der Waals surface area contributed by atoms with Gasteiger partial charge < -0.3 is 9.59 Å². The van der Waals surface area contributed by atoms with E-state index in [1.54, 1.807) is 0 Å². The van der Waals surface area contributed by atoms with Gasteiger partial charge in [-0.3, -0.25) is 0 Å². The molecule has 0 aliphatic heterocycles. The summed E-state index contributed by atoms with van der Waals surface area (Å²) in [6.45, 7) is 1.45. The summed E-state index contributed by atoms with van der Waals surface area (Å²) in [7, 11) is -2.91. The van der Waals surface area contributed by atoms with Crippen molar-refractivity contribution < 1.29 is 9.59 Å². The summed E-state index contributed by atoms with van der Waals surface area (Å²) in [5.74, 6) is 0. The highest BCUT2D eigenvalue weighted by atomic mass is 35.8. The number of hydrogen-bond donors (Lipinski definition) is 2. The molecule has 0 aromatic heterocycles. The Balaban J connectivity index is 3.44. The van der Waals surface area contributed by atoms with Gasteiger partial charge in [0.2, 0.25) is 0 Å². The molecule has 0 heterocycles. The Hall–Kier alpha value is 1.22. The maximum atomic E-state index is 9.00. The molecule has 0 bridgehead atoms. The molecular formula is C4H11Cl3O2Si2. The predicted molar refractivity (Wildman–Crippen MR) is 53.6 cm³/mol. The third-order valence-corrected chi connectivity index (χ3v) is 5.03. The quantitative estimate of drug-likeness (QED) is 0.595. The van der Waals surface area contributed by atoms with Crippen LogP contribution in [0.15, 0.2) is 0 Å². The van der Waals surface area contributed by atoms with Gasteiger partial charge in [-0.05, 0) is 18.6 Å². The van der Waals surface area contributed by atoms with Crippen LogP contribution in [0, 0.1) is 0 Å². The van der Waals surface area contributed by atoms with Crippen LogP contribution in [0.3, 0.4) is 0 Å². The van der Waals surface area contributed by atoms with Crippen LogP contribution >= 0.6 is 33.2 Å². The fourth-order valence-electron chi connectivity index (χ4n) is 0.624. The van der Waals surface area contributed by atoms with E-state index < -0.39 is 14.6 Å². The zero-order valence-electron chi connectivity index (χ0n) is 6.15. The van der Waals surface area contributed by atoms with Gasteiger partial charge in [-0.25, -0.2) is 0 Å². The molecule has 0 saturated heterocycles. The van der Waals surface area contributed by atoms with Crippen molar-refractivity contribution in [1.29, 1.82) is 0 Å².